The molecule has 23 heavy (non-hydrogen) atoms. The first-order valence-electron chi connectivity index (χ1n) is 6.80. The topological polar surface area (TPSA) is 71.1 Å². The molecule has 1 aromatic carbocycles. The fourth-order valence-electron chi connectivity index (χ4n) is 1.95. The summed E-state index contributed by atoms with van der Waals surface area (Å²) in [4.78, 5) is 28.7. The molecule has 3 rings (SSSR count). The summed E-state index contributed by atoms with van der Waals surface area (Å²) in [7, 11) is 0. The van der Waals surface area contributed by atoms with Gasteiger partial charge in [0.25, 0.3) is 5.91 Å². The third-order valence-electron chi connectivity index (χ3n) is 2.97. The zero-order valence-corrected chi connectivity index (χ0v) is 13.8. The maximum absolute atomic E-state index is 12.2. The molecular weight excluding hydrogens is 330 g/mol. The number of hydrogen-bond acceptors (Lipinski definition) is 5. The van der Waals surface area contributed by atoms with E-state index in [0.29, 0.717) is 16.4 Å². The molecule has 0 spiro atoms. The average Bonchev–Trinajstić information content (AvgIpc) is 3.18. The minimum Gasteiger partial charge on any atom is -0.326 e. The van der Waals surface area contributed by atoms with Crippen LogP contribution < -0.4 is 10.6 Å². The number of carbonyl (C=O) groups excluding carboxylic acids is 2. The van der Waals surface area contributed by atoms with Gasteiger partial charge in [-0.2, -0.15) is 0 Å². The van der Waals surface area contributed by atoms with Gasteiger partial charge < -0.3 is 5.32 Å². The minimum absolute atomic E-state index is 0.147. The Bertz CT molecular complexity index is 823. The number of anilines is 2. The third kappa shape index (κ3) is 3.82. The van der Waals surface area contributed by atoms with Crippen LogP contribution in [0.25, 0.3) is 10.6 Å². The predicted octanol–water partition coefficient (Wildman–Crippen LogP) is 4.08. The van der Waals surface area contributed by atoms with E-state index >= 15 is 0 Å². The van der Waals surface area contributed by atoms with Crippen molar-refractivity contribution in [1.29, 1.82) is 0 Å². The van der Waals surface area contributed by atoms with Crippen molar-refractivity contribution in [3.05, 3.63) is 52.7 Å². The Morgan fingerprint density at radius 2 is 1.83 bits per heavy atom. The van der Waals surface area contributed by atoms with Gasteiger partial charge in [0, 0.05) is 23.6 Å². The first-order valence-corrected chi connectivity index (χ1v) is 8.56. The van der Waals surface area contributed by atoms with E-state index in [1.807, 2.05) is 22.9 Å². The molecular formula is C16H13N3O2S2. The monoisotopic (exact) mass is 343 g/mol. The first-order chi connectivity index (χ1) is 11.1. The molecule has 0 unspecified atom stereocenters. The largest absolute Gasteiger partial charge is 0.326 e. The summed E-state index contributed by atoms with van der Waals surface area (Å²) in [6.07, 6.45) is 0. The molecule has 2 N–H and O–H groups in total. The average molecular weight is 343 g/mol. The molecule has 0 saturated heterocycles. The zero-order chi connectivity index (χ0) is 16.2. The van der Waals surface area contributed by atoms with Crippen molar-refractivity contribution >= 4 is 45.3 Å². The number of benzene rings is 1. The normalized spacial score (nSPS) is 10.3. The van der Waals surface area contributed by atoms with Gasteiger partial charge in [0.15, 0.2) is 5.13 Å². The molecule has 5 nitrogen and oxygen atoms in total. The van der Waals surface area contributed by atoms with E-state index in [1.165, 1.54) is 18.3 Å². The van der Waals surface area contributed by atoms with Gasteiger partial charge in [-0.05, 0) is 35.7 Å². The van der Waals surface area contributed by atoms with Crippen LogP contribution in [0.5, 0.6) is 0 Å². The van der Waals surface area contributed by atoms with Crippen LogP contribution in [0, 0.1) is 0 Å². The second-order valence-corrected chi connectivity index (χ2v) is 6.53. The van der Waals surface area contributed by atoms with Crippen LogP contribution in [0.3, 0.4) is 0 Å². The van der Waals surface area contributed by atoms with Crippen LogP contribution in [0.1, 0.15) is 17.3 Å². The van der Waals surface area contributed by atoms with Gasteiger partial charge in [0.1, 0.15) is 0 Å². The minimum atomic E-state index is -0.230. The van der Waals surface area contributed by atoms with Crippen molar-refractivity contribution in [2.24, 2.45) is 0 Å². The van der Waals surface area contributed by atoms with Gasteiger partial charge in [-0.15, -0.1) is 22.7 Å². The lowest BCUT2D eigenvalue weighted by Crippen LogP contribution is -2.12. The van der Waals surface area contributed by atoms with E-state index in [0.717, 1.165) is 10.6 Å². The van der Waals surface area contributed by atoms with Crippen molar-refractivity contribution in [3.8, 4) is 10.6 Å². The Hall–Kier alpha value is -2.51. The highest BCUT2D eigenvalue weighted by Gasteiger charge is 2.10. The highest BCUT2D eigenvalue weighted by molar-refractivity contribution is 7.16. The molecule has 2 aromatic heterocycles. The van der Waals surface area contributed by atoms with Gasteiger partial charge in [0.05, 0.1) is 10.6 Å². The van der Waals surface area contributed by atoms with Crippen molar-refractivity contribution in [2.45, 2.75) is 6.92 Å². The summed E-state index contributed by atoms with van der Waals surface area (Å²) in [5.41, 5.74) is 2.02. The smallest absolute Gasteiger partial charge is 0.257 e. The molecule has 0 aliphatic carbocycles. The molecule has 0 fully saturated rings. The van der Waals surface area contributed by atoms with E-state index in [4.69, 9.17) is 0 Å². The lowest BCUT2D eigenvalue weighted by molar-refractivity contribution is -0.114. The van der Waals surface area contributed by atoms with Gasteiger partial charge in [-0.3, -0.25) is 14.9 Å². The van der Waals surface area contributed by atoms with Crippen LogP contribution in [0.2, 0.25) is 0 Å². The molecule has 0 radical (unpaired) electrons. The lowest BCUT2D eigenvalue weighted by Gasteiger charge is -2.04. The Balaban J connectivity index is 1.68. The summed E-state index contributed by atoms with van der Waals surface area (Å²) >= 11 is 3.00. The molecule has 2 amide bonds. The number of rotatable bonds is 4. The van der Waals surface area contributed by atoms with Crippen molar-refractivity contribution in [3.63, 3.8) is 0 Å². The van der Waals surface area contributed by atoms with E-state index in [9.17, 15) is 9.59 Å². The number of carbonyl (C=O) groups is 2. The van der Waals surface area contributed by atoms with Gasteiger partial charge in [-0.1, -0.05) is 6.07 Å². The highest BCUT2D eigenvalue weighted by Crippen LogP contribution is 2.28. The molecule has 3 aromatic rings. The van der Waals surface area contributed by atoms with Crippen LogP contribution in [-0.2, 0) is 4.79 Å². The standard InChI is InChI=1S/C16H13N3O2S2/c1-10(20)17-12-6-4-11(5-7-12)15(21)19-16-18-13(9-23-16)14-3-2-8-22-14/h2-9H,1H3,(H,17,20)(H,18,19,21). The third-order valence-corrected chi connectivity index (χ3v) is 4.62. The van der Waals surface area contributed by atoms with E-state index in [2.05, 4.69) is 15.6 Å². The summed E-state index contributed by atoms with van der Waals surface area (Å²) in [5, 5.41) is 9.91. The lowest BCUT2D eigenvalue weighted by atomic mass is 10.2. The van der Waals surface area contributed by atoms with Gasteiger partial charge in [-0.25, -0.2) is 4.98 Å². The molecule has 7 heteroatoms. The molecule has 116 valence electrons. The zero-order valence-electron chi connectivity index (χ0n) is 12.2. The van der Waals surface area contributed by atoms with Crippen molar-refractivity contribution < 1.29 is 9.59 Å². The number of hydrogen-bond donors (Lipinski definition) is 2. The van der Waals surface area contributed by atoms with Crippen molar-refractivity contribution in [2.75, 3.05) is 10.6 Å². The molecule has 0 aliphatic heterocycles. The molecule has 0 aliphatic rings. The van der Waals surface area contributed by atoms with Gasteiger partial charge >= 0.3 is 0 Å². The number of thiazole rings is 1. The highest BCUT2D eigenvalue weighted by atomic mass is 32.1. The first kappa shape index (κ1) is 15.4. The summed E-state index contributed by atoms with van der Waals surface area (Å²) in [5.74, 6) is -0.377. The Kier molecular flexibility index (Phi) is 4.50. The maximum atomic E-state index is 12.2. The number of nitrogens with one attached hydrogen (secondary N) is 2. The van der Waals surface area contributed by atoms with Crippen molar-refractivity contribution in [1.82, 2.24) is 4.98 Å². The number of nitrogens with zero attached hydrogens (tertiary/aromatic N) is 1. The quantitative estimate of drug-likeness (QED) is 0.750. The SMILES string of the molecule is CC(=O)Nc1ccc(C(=O)Nc2nc(-c3cccs3)cs2)cc1. The van der Waals surface area contributed by atoms with E-state index < -0.39 is 0 Å². The van der Waals surface area contributed by atoms with Gasteiger partial charge in [0.2, 0.25) is 5.91 Å². The molecule has 0 saturated carbocycles. The Labute approximate surface area is 141 Å². The summed E-state index contributed by atoms with van der Waals surface area (Å²) < 4.78 is 0. The maximum Gasteiger partial charge on any atom is 0.257 e. The van der Waals surface area contributed by atoms with Crippen LogP contribution >= 0.6 is 22.7 Å². The number of thiophene rings is 1. The molecule has 2 heterocycles. The fraction of sp³-hybridized carbons (Fsp3) is 0.0625. The Morgan fingerprint density at radius 1 is 1.04 bits per heavy atom. The molecule has 0 atom stereocenters. The predicted molar refractivity (Wildman–Crippen MR) is 94.1 cm³/mol. The molecule has 0 bridgehead atoms. The number of amides is 2. The second kappa shape index (κ2) is 6.72. The van der Waals surface area contributed by atoms with E-state index in [-0.39, 0.29) is 11.8 Å². The number of aromatic nitrogens is 1. The second-order valence-electron chi connectivity index (χ2n) is 4.73. The van der Waals surface area contributed by atoms with Crippen LogP contribution in [0.4, 0.5) is 10.8 Å². The summed E-state index contributed by atoms with van der Waals surface area (Å²) in [6.45, 7) is 1.44. The Morgan fingerprint density at radius 3 is 2.48 bits per heavy atom. The summed E-state index contributed by atoms with van der Waals surface area (Å²) in [6, 6.07) is 10.7. The fourth-order valence-corrected chi connectivity index (χ4v) is 3.41. The van der Waals surface area contributed by atoms with Crippen LogP contribution in [-0.4, -0.2) is 16.8 Å². The van der Waals surface area contributed by atoms with E-state index in [1.54, 1.807) is 35.6 Å². The van der Waals surface area contributed by atoms with Crippen LogP contribution in [0.15, 0.2) is 47.2 Å².